The average Bonchev–Trinajstić information content (AvgIpc) is 2.29. The van der Waals surface area contributed by atoms with E-state index in [1.54, 1.807) is 19.2 Å². The summed E-state index contributed by atoms with van der Waals surface area (Å²) in [7, 11) is 0. The van der Waals surface area contributed by atoms with E-state index in [4.69, 9.17) is 0 Å². The maximum Gasteiger partial charge on any atom is 0.159 e. The van der Waals surface area contributed by atoms with Gasteiger partial charge in [0.25, 0.3) is 0 Å². The minimum atomic E-state index is -0.561. The molecule has 17 heavy (non-hydrogen) atoms. The lowest BCUT2D eigenvalue weighted by Crippen LogP contribution is -2.42. The summed E-state index contributed by atoms with van der Waals surface area (Å²) in [6.45, 7) is 4.98. The number of rotatable bonds is 2. The van der Waals surface area contributed by atoms with Crippen LogP contribution in [0.3, 0.4) is 0 Å². The van der Waals surface area contributed by atoms with Gasteiger partial charge in [-0.1, -0.05) is 0 Å². The summed E-state index contributed by atoms with van der Waals surface area (Å²) in [5, 5.41) is 9.88. The van der Waals surface area contributed by atoms with Crippen LogP contribution in [-0.4, -0.2) is 34.6 Å². The number of hydrogen-bond acceptors (Lipinski definition) is 4. The first-order chi connectivity index (χ1) is 7.98. The molecule has 1 aliphatic heterocycles. The molecule has 0 spiro atoms. The van der Waals surface area contributed by atoms with Gasteiger partial charge in [-0.25, -0.2) is 4.98 Å². The second-order valence-electron chi connectivity index (χ2n) is 4.94. The van der Waals surface area contributed by atoms with Gasteiger partial charge in [0.05, 0.1) is 5.60 Å². The van der Waals surface area contributed by atoms with Gasteiger partial charge in [-0.15, -0.1) is 0 Å². The number of carbonyl (C=O) groups is 1. The lowest BCUT2D eigenvalue weighted by molar-refractivity contribution is 0.0350. The van der Waals surface area contributed by atoms with Gasteiger partial charge in [0, 0.05) is 24.8 Å². The fraction of sp³-hybridized carbons (Fsp3) is 0.538. The van der Waals surface area contributed by atoms with Crippen LogP contribution in [0, 0.1) is 0 Å². The van der Waals surface area contributed by atoms with E-state index in [2.05, 4.69) is 9.88 Å². The van der Waals surface area contributed by atoms with Crippen LogP contribution in [0.25, 0.3) is 0 Å². The van der Waals surface area contributed by atoms with Gasteiger partial charge in [-0.05, 0) is 38.8 Å². The molecule has 4 nitrogen and oxygen atoms in total. The Balaban J connectivity index is 2.13. The van der Waals surface area contributed by atoms with Crippen molar-refractivity contribution in [3.05, 3.63) is 23.9 Å². The smallest absolute Gasteiger partial charge is 0.159 e. The Labute approximate surface area is 101 Å². The molecule has 1 N–H and O–H groups in total. The Bertz CT molecular complexity index is 419. The van der Waals surface area contributed by atoms with Crippen LogP contribution in [0.4, 0.5) is 5.82 Å². The van der Waals surface area contributed by atoms with Gasteiger partial charge in [0.1, 0.15) is 5.82 Å². The molecule has 0 aliphatic carbocycles. The third-order valence-corrected chi connectivity index (χ3v) is 3.32. The first-order valence-electron chi connectivity index (χ1n) is 5.92. The molecule has 1 aliphatic rings. The number of carbonyl (C=O) groups excluding carboxylic acids is 1. The summed E-state index contributed by atoms with van der Waals surface area (Å²) >= 11 is 0. The van der Waals surface area contributed by atoms with Crippen LogP contribution < -0.4 is 4.90 Å². The first kappa shape index (κ1) is 12.0. The topological polar surface area (TPSA) is 53.4 Å². The minimum Gasteiger partial charge on any atom is -0.390 e. The monoisotopic (exact) mass is 234 g/mol. The summed E-state index contributed by atoms with van der Waals surface area (Å²) in [5.74, 6) is 0.880. The third-order valence-electron chi connectivity index (χ3n) is 3.32. The molecule has 1 fully saturated rings. The van der Waals surface area contributed by atoms with E-state index in [0.29, 0.717) is 5.56 Å². The summed E-state index contributed by atoms with van der Waals surface area (Å²) in [6.07, 6.45) is 3.14. The van der Waals surface area contributed by atoms with Crippen LogP contribution in [0.15, 0.2) is 18.3 Å². The van der Waals surface area contributed by atoms with Crippen molar-refractivity contribution in [3.8, 4) is 0 Å². The zero-order valence-electron chi connectivity index (χ0n) is 10.3. The fourth-order valence-electron chi connectivity index (χ4n) is 2.03. The highest BCUT2D eigenvalue weighted by molar-refractivity contribution is 5.94. The number of ketones is 1. The molecular formula is C13H18N2O2. The van der Waals surface area contributed by atoms with E-state index < -0.39 is 5.60 Å². The van der Waals surface area contributed by atoms with E-state index in [1.165, 1.54) is 0 Å². The van der Waals surface area contributed by atoms with Gasteiger partial charge in [0.15, 0.2) is 5.78 Å². The Morgan fingerprint density at radius 2 is 2.12 bits per heavy atom. The highest BCUT2D eigenvalue weighted by Crippen LogP contribution is 2.24. The van der Waals surface area contributed by atoms with E-state index in [9.17, 15) is 9.90 Å². The molecule has 0 atom stereocenters. The summed E-state index contributed by atoms with van der Waals surface area (Å²) in [4.78, 5) is 17.7. The zero-order valence-corrected chi connectivity index (χ0v) is 10.3. The van der Waals surface area contributed by atoms with Crippen molar-refractivity contribution >= 4 is 11.6 Å². The van der Waals surface area contributed by atoms with E-state index >= 15 is 0 Å². The molecule has 0 amide bonds. The molecule has 1 aromatic rings. The van der Waals surface area contributed by atoms with Gasteiger partial charge >= 0.3 is 0 Å². The molecule has 2 heterocycles. The Hall–Kier alpha value is -1.42. The van der Waals surface area contributed by atoms with E-state index in [-0.39, 0.29) is 5.78 Å². The van der Waals surface area contributed by atoms with Crippen LogP contribution in [0.1, 0.15) is 37.0 Å². The predicted octanol–water partition coefficient (Wildman–Crippen LogP) is 1.64. The van der Waals surface area contributed by atoms with E-state index in [1.807, 2.05) is 13.0 Å². The molecule has 4 heteroatoms. The van der Waals surface area contributed by atoms with Crippen molar-refractivity contribution in [2.45, 2.75) is 32.3 Å². The molecule has 1 aromatic heterocycles. The van der Waals surface area contributed by atoms with Crippen LogP contribution in [0.2, 0.25) is 0 Å². The zero-order chi connectivity index (χ0) is 12.5. The highest BCUT2D eigenvalue weighted by Gasteiger charge is 2.27. The van der Waals surface area contributed by atoms with Gasteiger partial charge < -0.3 is 10.0 Å². The molecule has 0 bridgehead atoms. The number of pyridine rings is 1. The molecule has 2 rings (SSSR count). The number of aromatic nitrogens is 1. The van der Waals surface area contributed by atoms with Gasteiger partial charge in [-0.3, -0.25) is 4.79 Å². The minimum absolute atomic E-state index is 0.0534. The van der Waals surface area contributed by atoms with Crippen molar-refractivity contribution in [1.29, 1.82) is 0 Å². The fourth-order valence-corrected chi connectivity index (χ4v) is 2.03. The molecule has 92 valence electrons. The van der Waals surface area contributed by atoms with Gasteiger partial charge in [-0.2, -0.15) is 0 Å². The highest BCUT2D eigenvalue weighted by atomic mass is 16.3. The van der Waals surface area contributed by atoms with Crippen molar-refractivity contribution in [2.24, 2.45) is 0 Å². The number of hydrogen-bond donors (Lipinski definition) is 1. The normalized spacial score (nSPS) is 19.1. The molecule has 0 radical (unpaired) electrons. The molecular weight excluding hydrogens is 216 g/mol. The van der Waals surface area contributed by atoms with Crippen LogP contribution in [0.5, 0.6) is 0 Å². The standard InChI is InChI=1S/C13H18N2O2/c1-10(16)11-3-6-14-12(9-11)15-7-4-13(2,17)5-8-15/h3,6,9,17H,4-5,7-8H2,1-2H3. The van der Waals surface area contributed by atoms with Gasteiger partial charge in [0.2, 0.25) is 0 Å². The van der Waals surface area contributed by atoms with Crippen molar-refractivity contribution in [3.63, 3.8) is 0 Å². The summed E-state index contributed by atoms with van der Waals surface area (Å²) < 4.78 is 0. The molecule has 0 unspecified atom stereocenters. The number of piperidine rings is 1. The number of aliphatic hydroxyl groups is 1. The average molecular weight is 234 g/mol. The summed E-state index contributed by atoms with van der Waals surface area (Å²) in [6, 6.07) is 3.55. The maximum atomic E-state index is 11.3. The first-order valence-corrected chi connectivity index (χ1v) is 5.92. The number of nitrogens with zero attached hydrogens (tertiary/aromatic N) is 2. The third kappa shape index (κ3) is 2.82. The number of anilines is 1. The van der Waals surface area contributed by atoms with Crippen LogP contribution in [-0.2, 0) is 0 Å². The largest absolute Gasteiger partial charge is 0.390 e. The molecule has 0 aromatic carbocycles. The predicted molar refractivity (Wildman–Crippen MR) is 66.3 cm³/mol. The van der Waals surface area contributed by atoms with Crippen molar-refractivity contribution in [2.75, 3.05) is 18.0 Å². The lowest BCUT2D eigenvalue weighted by Gasteiger charge is -2.36. The van der Waals surface area contributed by atoms with Crippen molar-refractivity contribution < 1.29 is 9.90 Å². The Morgan fingerprint density at radius 3 is 2.71 bits per heavy atom. The molecule has 0 saturated carbocycles. The van der Waals surface area contributed by atoms with Crippen LogP contribution >= 0.6 is 0 Å². The quantitative estimate of drug-likeness (QED) is 0.790. The van der Waals surface area contributed by atoms with Crippen molar-refractivity contribution in [1.82, 2.24) is 4.98 Å². The Morgan fingerprint density at radius 1 is 1.47 bits per heavy atom. The second-order valence-corrected chi connectivity index (χ2v) is 4.94. The summed E-state index contributed by atoms with van der Waals surface area (Å²) in [5.41, 5.74) is 0.127. The number of Topliss-reactive ketones (excluding diaryl/α,β-unsaturated/α-hetero) is 1. The SMILES string of the molecule is CC(=O)c1ccnc(N2CCC(C)(O)CC2)c1. The maximum absolute atomic E-state index is 11.3. The van der Waals surface area contributed by atoms with E-state index in [0.717, 1.165) is 31.7 Å². The lowest BCUT2D eigenvalue weighted by atomic mass is 9.94. The second kappa shape index (κ2) is 4.45. The molecule has 1 saturated heterocycles. The Kier molecular flexibility index (Phi) is 3.15.